The summed E-state index contributed by atoms with van der Waals surface area (Å²) in [5, 5.41) is 0. The number of benzene rings is 1. The van der Waals surface area contributed by atoms with Crippen molar-refractivity contribution in [2.45, 2.75) is 180 Å². The highest BCUT2D eigenvalue weighted by Crippen LogP contribution is 2.32. The van der Waals surface area contributed by atoms with E-state index in [0.29, 0.717) is 12.0 Å². The highest BCUT2D eigenvalue weighted by Gasteiger charge is 2.23. The van der Waals surface area contributed by atoms with Crippen LogP contribution in [0.3, 0.4) is 0 Å². The molecule has 0 spiro atoms. The van der Waals surface area contributed by atoms with Crippen LogP contribution in [-0.2, 0) is 6.42 Å². The summed E-state index contributed by atoms with van der Waals surface area (Å²) >= 11 is 0. The monoisotopic (exact) mass is 551 g/mol. The van der Waals surface area contributed by atoms with Crippen LogP contribution in [0, 0.1) is 5.92 Å². The first-order chi connectivity index (χ1) is 19.8. The summed E-state index contributed by atoms with van der Waals surface area (Å²) in [6.45, 7) is 4.61. The summed E-state index contributed by atoms with van der Waals surface area (Å²) in [6.07, 6.45) is 41.3. The molecule has 40 heavy (non-hydrogen) atoms. The summed E-state index contributed by atoms with van der Waals surface area (Å²) in [5.74, 6) is 0.693. The van der Waals surface area contributed by atoms with Gasteiger partial charge in [0.15, 0.2) is 0 Å². The average Bonchev–Trinajstić information content (AvgIpc) is 3.51. The summed E-state index contributed by atoms with van der Waals surface area (Å²) in [7, 11) is 0. The smallest absolute Gasteiger partial charge is 0.0948 e. The number of imidazole rings is 1. The molecule has 1 aromatic heterocycles. The van der Waals surface area contributed by atoms with Gasteiger partial charge < -0.3 is 4.57 Å². The molecule has 2 nitrogen and oxygen atoms in total. The fourth-order valence-corrected chi connectivity index (χ4v) is 6.53. The van der Waals surface area contributed by atoms with E-state index in [1.54, 1.807) is 0 Å². The van der Waals surface area contributed by atoms with Crippen LogP contribution >= 0.6 is 0 Å². The number of aromatic nitrogens is 2. The maximum atomic E-state index is 4.46. The number of unbranched alkanes of at least 4 members (excludes halogenated alkanes) is 20. The van der Waals surface area contributed by atoms with Crippen LogP contribution in [0.5, 0.6) is 0 Å². The Morgan fingerprint density at radius 3 is 1.45 bits per heavy atom. The molecule has 0 N–H and O–H groups in total. The van der Waals surface area contributed by atoms with Crippen LogP contribution in [0.4, 0.5) is 0 Å². The Hall–Kier alpha value is -1.57. The Morgan fingerprint density at radius 1 is 0.550 bits per heavy atom. The number of hydrogen-bond donors (Lipinski definition) is 0. The molecular weight excluding hydrogens is 484 g/mol. The van der Waals surface area contributed by atoms with Gasteiger partial charge in [0.25, 0.3) is 0 Å². The lowest BCUT2D eigenvalue weighted by molar-refractivity contribution is 0.275. The Kier molecular flexibility index (Phi) is 21.8. The van der Waals surface area contributed by atoms with Gasteiger partial charge in [-0.3, -0.25) is 0 Å². The van der Waals surface area contributed by atoms with Crippen molar-refractivity contribution in [1.29, 1.82) is 0 Å². The predicted octanol–water partition coefficient (Wildman–Crippen LogP) is 12.7. The van der Waals surface area contributed by atoms with Crippen molar-refractivity contribution < 1.29 is 0 Å². The van der Waals surface area contributed by atoms with Crippen molar-refractivity contribution in [3.8, 4) is 0 Å². The SMILES string of the molecule is CCCCCCCCCCCCCCCCC(C(CCCCCCCCCC)Cc1ccccc1)n1ccnc1. The molecular formula is C38H66N2. The molecule has 0 saturated heterocycles. The van der Waals surface area contributed by atoms with E-state index in [1.807, 2.05) is 6.20 Å². The maximum Gasteiger partial charge on any atom is 0.0948 e. The molecule has 0 fully saturated rings. The van der Waals surface area contributed by atoms with Gasteiger partial charge in [0.05, 0.1) is 6.33 Å². The number of hydrogen-bond acceptors (Lipinski definition) is 1. The second-order valence-electron chi connectivity index (χ2n) is 12.7. The van der Waals surface area contributed by atoms with Crippen molar-refractivity contribution in [2.75, 3.05) is 0 Å². The molecule has 0 amide bonds. The second-order valence-corrected chi connectivity index (χ2v) is 12.7. The van der Waals surface area contributed by atoms with E-state index in [9.17, 15) is 0 Å². The Labute approximate surface area is 250 Å². The molecule has 0 saturated carbocycles. The fourth-order valence-electron chi connectivity index (χ4n) is 6.53. The highest BCUT2D eigenvalue weighted by atomic mass is 15.1. The zero-order valence-electron chi connectivity index (χ0n) is 26.8. The van der Waals surface area contributed by atoms with Gasteiger partial charge in [0.2, 0.25) is 0 Å². The summed E-state index contributed by atoms with van der Waals surface area (Å²) in [5.41, 5.74) is 1.50. The van der Waals surface area contributed by atoms with Crippen LogP contribution in [0.15, 0.2) is 49.1 Å². The van der Waals surface area contributed by atoms with Gasteiger partial charge in [-0.1, -0.05) is 185 Å². The van der Waals surface area contributed by atoms with Crippen LogP contribution in [0.25, 0.3) is 0 Å². The van der Waals surface area contributed by atoms with E-state index in [2.05, 4.69) is 66.3 Å². The first kappa shape index (κ1) is 34.6. The third kappa shape index (κ3) is 17.3. The Balaban J connectivity index is 1.71. The zero-order valence-corrected chi connectivity index (χ0v) is 26.8. The maximum absolute atomic E-state index is 4.46. The van der Waals surface area contributed by atoms with Gasteiger partial charge in [0, 0.05) is 18.4 Å². The van der Waals surface area contributed by atoms with E-state index < -0.39 is 0 Å². The summed E-state index contributed by atoms with van der Waals surface area (Å²) in [4.78, 5) is 4.46. The van der Waals surface area contributed by atoms with Crippen molar-refractivity contribution in [3.63, 3.8) is 0 Å². The molecule has 1 aromatic carbocycles. The lowest BCUT2D eigenvalue weighted by atomic mass is 9.84. The molecule has 2 unspecified atom stereocenters. The minimum atomic E-state index is 0.574. The lowest BCUT2D eigenvalue weighted by Crippen LogP contribution is -2.21. The van der Waals surface area contributed by atoms with Gasteiger partial charge >= 0.3 is 0 Å². The first-order valence-corrected chi connectivity index (χ1v) is 17.9. The van der Waals surface area contributed by atoms with Gasteiger partial charge in [-0.25, -0.2) is 4.98 Å². The van der Waals surface area contributed by atoms with E-state index in [1.165, 1.54) is 166 Å². The van der Waals surface area contributed by atoms with Crippen molar-refractivity contribution in [2.24, 2.45) is 5.92 Å². The Bertz CT molecular complexity index is 753. The Morgan fingerprint density at radius 2 is 1.00 bits per heavy atom. The molecule has 2 aromatic rings. The van der Waals surface area contributed by atoms with Crippen LogP contribution in [0.1, 0.15) is 180 Å². The van der Waals surface area contributed by atoms with Gasteiger partial charge in [-0.05, 0) is 30.7 Å². The minimum Gasteiger partial charge on any atom is -0.334 e. The highest BCUT2D eigenvalue weighted by molar-refractivity contribution is 5.15. The summed E-state index contributed by atoms with van der Waals surface area (Å²) in [6, 6.07) is 11.8. The molecule has 228 valence electrons. The van der Waals surface area contributed by atoms with Crippen LogP contribution < -0.4 is 0 Å². The van der Waals surface area contributed by atoms with Gasteiger partial charge in [-0.2, -0.15) is 0 Å². The molecule has 0 radical (unpaired) electrons. The zero-order chi connectivity index (χ0) is 28.4. The van der Waals surface area contributed by atoms with E-state index in [-0.39, 0.29) is 0 Å². The molecule has 2 heteroatoms. The molecule has 2 rings (SSSR count). The molecule has 0 bridgehead atoms. The molecule has 0 aliphatic heterocycles. The quantitative estimate of drug-likeness (QED) is 0.0963. The van der Waals surface area contributed by atoms with E-state index >= 15 is 0 Å². The standard InChI is InChI=1S/C38H66N2/c1-3-5-7-9-11-13-14-15-16-17-18-20-22-27-31-38(40-33-32-39-35-40)37(34-36-28-24-23-25-29-36)30-26-21-19-12-10-8-6-4-2/h23-25,28-29,32-33,35,37-38H,3-22,26-27,30-31,34H2,1-2H3. The fraction of sp³-hybridized carbons (Fsp3) is 0.763. The number of rotatable bonds is 28. The van der Waals surface area contributed by atoms with Gasteiger partial charge in [0.1, 0.15) is 0 Å². The van der Waals surface area contributed by atoms with E-state index in [0.717, 1.165) is 0 Å². The third-order valence-electron chi connectivity index (χ3n) is 9.07. The van der Waals surface area contributed by atoms with Crippen LogP contribution in [0.2, 0.25) is 0 Å². The third-order valence-corrected chi connectivity index (χ3v) is 9.07. The van der Waals surface area contributed by atoms with Gasteiger partial charge in [-0.15, -0.1) is 0 Å². The molecule has 0 aliphatic carbocycles. The topological polar surface area (TPSA) is 17.8 Å². The largest absolute Gasteiger partial charge is 0.334 e. The predicted molar refractivity (Wildman–Crippen MR) is 177 cm³/mol. The second kappa shape index (κ2) is 25.2. The summed E-state index contributed by atoms with van der Waals surface area (Å²) < 4.78 is 2.45. The molecule has 0 aliphatic rings. The normalized spacial score (nSPS) is 13.1. The lowest BCUT2D eigenvalue weighted by Gasteiger charge is -2.29. The molecule has 1 heterocycles. The average molecular weight is 551 g/mol. The van der Waals surface area contributed by atoms with Crippen LogP contribution in [-0.4, -0.2) is 9.55 Å². The molecule has 2 atom stereocenters. The minimum absolute atomic E-state index is 0.574. The first-order valence-electron chi connectivity index (χ1n) is 17.9. The van der Waals surface area contributed by atoms with Crippen molar-refractivity contribution >= 4 is 0 Å². The van der Waals surface area contributed by atoms with Crippen molar-refractivity contribution in [3.05, 3.63) is 54.6 Å². The van der Waals surface area contributed by atoms with E-state index in [4.69, 9.17) is 0 Å². The van der Waals surface area contributed by atoms with Crippen molar-refractivity contribution in [1.82, 2.24) is 9.55 Å². The number of nitrogens with zero attached hydrogens (tertiary/aromatic N) is 2.